The molecule has 0 unspecified atom stereocenters. The lowest BCUT2D eigenvalue weighted by Gasteiger charge is -2.06. The van der Waals surface area contributed by atoms with Gasteiger partial charge in [0.15, 0.2) is 5.82 Å². The van der Waals surface area contributed by atoms with Crippen molar-refractivity contribution >= 4 is 16.0 Å². The molecule has 0 saturated carbocycles. The standard InChI is InChI=1S/C13H18N4O3S/c1-10(2)12-16-13(20-17-12)14-8-9-15-21(18,19)11-6-4-3-5-7-11/h3-7,10,15H,8-9H2,1-2H3,(H,14,16,17). The number of nitrogens with one attached hydrogen (secondary N) is 2. The number of sulfonamides is 1. The molecule has 0 aliphatic carbocycles. The first-order valence-electron chi connectivity index (χ1n) is 6.61. The van der Waals surface area contributed by atoms with E-state index in [1.807, 2.05) is 13.8 Å². The van der Waals surface area contributed by atoms with Gasteiger partial charge in [0.25, 0.3) is 0 Å². The number of aromatic nitrogens is 2. The molecule has 21 heavy (non-hydrogen) atoms. The lowest BCUT2D eigenvalue weighted by Crippen LogP contribution is -2.28. The Hall–Kier alpha value is -1.93. The Morgan fingerprint density at radius 1 is 1.19 bits per heavy atom. The van der Waals surface area contributed by atoms with Crippen LogP contribution < -0.4 is 10.0 Å². The minimum atomic E-state index is -3.48. The highest BCUT2D eigenvalue weighted by Gasteiger charge is 2.13. The summed E-state index contributed by atoms with van der Waals surface area (Å²) in [6, 6.07) is 8.50. The van der Waals surface area contributed by atoms with Crippen LogP contribution in [0.15, 0.2) is 39.8 Å². The SMILES string of the molecule is CC(C)c1noc(NCCNS(=O)(=O)c2ccccc2)n1. The van der Waals surface area contributed by atoms with Gasteiger partial charge in [0.05, 0.1) is 4.90 Å². The van der Waals surface area contributed by atoms with Crippen LogP contribution in [0.5, 0.6) is 0 Å². The fraction of sp³-hybridized carbons (Fsp3) is 0.385. The topological polar surface area (TPSA) is 97.1 Å². The van der Waals surface area contributed by atoms with Crippen molar-refractivity contribution in [3.05, 3.63) is 36.2 Å². The van der Waals surface area contributed by atoms with Crippen LogP contribution in [0.25, 0.3) is 0 Å². The van der Waals surface area contributed by atoms with Crippen LogP contribution in [-0.4, -0.2) is 31.6 Å². The summed E-state index contributed by atoms with van der Waals surface area (Å²) in [7, 11) is -3.48. The molecular weight excluding hydrogens is 292 g/mol. The molecule has 0 atom stereocenters. The molecule has 0 saturated heterocycles. The monoisotopic (exact) mass is 310 g/mol. The van der Waals surface area contributed by atoms with Gasteiger partial charge in [-0.15, -0.1) is 0 Å². The third kappa shape index (κ3) is 4.27. The summed E-state index contributed by atoms with van der Waals surface area (Å²) in [5.41, 5.74) is 0. The molecule has 2 rings (SSSR count). The largest absolute Gasteiger partial charge is 0.336 e. The van der Waals surface area contributed by atoms with E-state index in [0.29, 0.717) is 12.4 Å². The van der Waals surface area contributed by atoms with E-state index in [2.05, 4.69) is 20.2 Å². The summed E-state index contributed by atoms with van der Waals surface area (Å²) >= 11 is 0. The van der Waals surface area contributed by atoms with Gasteiger partial charge in [0.1, 0.15) is 0 Å². The van der Waals surface area contributed by atoms with Gasteiger partial charge in [-0.3, -0.25) is 0 Å². The first-order chi connectivity index (χ1) is 9.99. The molecule has 0 spiro atoms. The zero-order chi connectivity index (χ0) is 15.3. The van der Waals surface area contributed by atoms with E-state index in [0.717, 1.165) is 0 Å². The summed E-state index contributed by atoms with van der Waals surface area (Å²) < 4.78 is 31.4. The molecule has 0 amide bonds. The molecule has 0 aliphatic heterocycles. The molecule has 0 fully saturated rings. The maximum Gasteiger partial charge on any atom is 0.321 e. The second kappa shape index (κ2) is 6.68. The van der Waals surface area contributed by atoms with Crippen molar-refractivity contribution in [2.24, 2.45) is 0 Å². The quantitative estimate of drug-likeness (QED) is 0.754. The lowest BCUT2D eigenvalue weighted by atomic mass is 10.2. The summed E-state index contributed by atoms with van der Waals surface area (Å²) in [6.07, 6.45) is 0. The molecule has 0 bridgehead atoms. The van der Waals surface area contributed by atoms with Crippen molar-refractivity contribution < 1.29 is 12.9 Å². The van der Waals surface area contributed by atoms with Gasteiger partial charge in [-0.1, -0.05) is 37.2 Å². The molecule has 2 aromatic rings. The first kappa shape index (κ1) is 15.5. The van der Waals surface area contributed by atoms with E-state index in [-0.39, 0.29) is 23.4 Å². The van der Waals surface area contributed by atoms with E-state index in [1.54, 1.807) is 30.3 Å². The van der Waals surface area contributed by atoms with Gasteiger partial charge < -0.3 is 9.84 Å². The second-order valence-corrected chi connectivity index (χ2v) is 6.52. The number of benzene rings is 1. The van der Waals surface area contributed by atoms with Crippen molar-refractivity contribution in [3.8, 4) is 0 Å². The molecule has 8 heteroatoms. The molecule has 0 radical (unpaired) electrons. The Morgan fingerprint density at radius 3 is 2.52 bits per heavy atom. The van der Waals surface area contributed by atoms with Crippen LogP contribution in [0.4, 0.5) is 6.01 Å². The van der Waals surface area contributed by atoms with Crippen LogP contribution in [0, 0.1) is 0 Å². The molecular formula is C13H18N4O3S. The Labute approximate surface area is 123 Å². The van der Waals surface area contributed by atoms with Gasteiger partial charge in [-0.05, 0) is 12.1 Å². The van der Waals surface area contributed by atoms with Crippen molar-refractivity contribution in [2.75, 3.05) is 18.4 Å². The third-order valence-electron chi connectivity index (χ3n) is 2.70. The zero-order valence-corrected chi connectivity index (χ0v) is 12.7. The Morgan fingerprint density at radius 2 is 1.90 bits per heavy atom. The molecule has 114 valence electrons. The minimum absolute atomic E-state index is 0.181. The maximum absolute atomic E-state index is 11.9. The molecule has 2 N–H and O–H groups in total. The fourth-order valence-electron chi connectivity index (χ4n) is 1.58. The van der Waals surface area contributed by atoms with Gasteiger partial charge >= 0.3 is 6.01 Å². The third-order valence-corrected chi connectivity index (χ3v) is 4.18. The lowest BCUT2D eigenvalue weighted by molar-refractivity contribution is 0.419. The number of rotatable bonds is 7. The molecule has 7 nitrogen and oxygen atoms in total. The molecule has 1 aromatic heterocycles. The maximum atomic E-state index is 11.9. The highest BCUT2D eigenvalue weighted by atomic mass is 32.2. The molecule has 1 heterocycles. The van der Waals surface area contributed by atoms with Crippen LogP contribution in [0.2, 0.25) is 0 Å². The van der Waals surface area contributed by atoms with Gasteiger partial charge in [-0.25, -0.2) is 13.1 Å². The predicted molar refractivity (Wildman–Crippen MR) is 78.5 cm³/mol. The predicted octanol–water partition coefficient (Wildman–Crippen LogP) is 1.58. The van der Waals surface area contributed by atoms with Crippen LogP contribution >= 0.6 is 0 Å². The van der Waals surface area contributed by atoms with E-state index in [9.17, 15) is 8.42 Å². The number of hydrogen-bond donors (Lipinski definition) is 2. The van der Waals surface area contributed by atoms with Gasteiger partial charge in [0.2, 0.25) is 10.0 Å². The second-order valence-electron chi connectivity index (χ2n) is 4.75. The number of hydrogen-bond acceptors (Lipinski definition) is 6. The summed E-state index contributed by atoms with van der Waals surface area (Å²) in [5, 5.41) is 6.68. The molecule has 0 aliphatic rings. The summed E-state index contributed by atoms with van der Waals surface area (Å²) in [5.74, 6) is 0.795. The van der Waals surface area contributed by atoms with E-state index < -0.39 is 10.0 Å². The average Bonchev–Trinajstić information content (AvgIpc) is 2.94. The highest BCUT2D eigenvalue weighted by molar-refractivity contribution is 7.89. The van der Waals surface area contributed by atoms with Crippen LogP contribution in [0.3, 0.4) is 0 Å². The summed E-state index contributed by atoms with van der Waals surface area (Å²) in [6.45, 7) is 4.49. The van der Waals surface area contributed by atoms with E-state index >= 15 is 0 Å². The zero-order valence-electron chi connectivity index (χ0n) is 11.9. The smallest absolute Gasteiger partial charge is 0.321 e. The minimum Gasteiger partial charge on any atom is -0.336 e. The Balaban J connectivity index is 1.81. The van der Waals surface area contributed by atoms with Gasteiger partial charge in [-0.2, -0.15) is 4.98 Å². The number of nitrogens with zero attached hydrogens (tertiary/aromatic N) is 2. The van der Waals surface area contributed by atoms with Crippen molar-refractivity contribution in [3.63, 3.8) is 0 Å². The van der Waals surface area contributed by atoms with Gasteiger partial charge in [0, 0.05) is 19.0 Å². The molecule has 1 aromatic carbocycles. The van der Waals surface area contributed by atoms with Crippen molar-refractivity contribution in [1.29, 1.82) is 0 Å². The summed E-state index contributed by atoms with van der Waals surface area (Å²) in [4.78, 5) is 4.38. The van der Waals surface area contributed by atoms with E-state index in [1.165, 1.54) is 0 Å². The van der Waals surface area contributed by atoms with Crippen molar-refractivity contribution in [1.82, 2.24) is 14.9 Å². The van der Waals surface area contributed by atoms with E-state index in [4.69, 9.17) is 4.52 Å². The fourth-order valence-corrected chi connectivity index (χ4v) is 2.63. The first-order valence-corrected chi connectivity index (χ1v) is 8.09. The van der Waals surface area contributed by atoms with Crippen LogP contribution in [0.1, 0.15) is 25.6 Å². The Bertz CT molecular complexity index is 668. The van der Waals surface area contributed by atoms with Crippen molar-refractivity contribution in [2.45, 2.75) is 24.7 Å². The van der Waals surface area contributed by atoms with Crippen LogP contribution in [-0.2, 0) is 10.0 Å². The normalized spacial score (nSPS) is 11.8. The number of anilines is 1. The Kier molecular flexibility index (Phi) is 4.92. The average molecular weight is 310 g/mol. The highest BCUT2D eigenvalue weighted by Crippen LogP contribution is 2.12.